The van der Waals surface area contributed by atoms with Crippen LogP contribution in [0.15, 0.2) is 36.4 Å². The topological polar surface area (TPSA) is 0 Å². The van der Waals surface area contributed by atoms with Gasteiger partial charge in [0.15, 0.2) is 0 Å². The molecule has 3 aliphatic rings. The molecule has 0 saturated carbocycles. The van der Waals surface area contributed by atoms with E-state index in [1.165, 1.54) is 55.6 Å². The van der Waals surface area contributed by atoms with Crippen molar-refractivity contribution in [2.75, 3.05) is 0 Å². The van der Waals surface area contributed by atoms with Crippen LogP contribution in [0.3, 0.4) is 0 Å². The minimum Gasteiger partial charge on any atom is -0.0870 e. The molecule has 0 aromatic heterocycles. The molecular formula is C25H24. The Hall–Kier alpha value is -2.34. The molecule has 0 bridgehead atoms. The molecule has 0 nitrogen and oxygen atoms in total. The average Bonchev–Trinajstić information content (AvgIpc) is 2.63. The zero-order valence-electron chi connectivity index (χ0n) is 15.3. The molecule has 2 aromatic carbocycles. The largest absolute Gasteiger partial charge is 0.0870 e. The molecule has 0 fully saturated rings. The fraction of sp³-hybridized carbons (Fsp3) is 0.280. The van der Waals surface area contributed by atoms with E-state index in [0.717, 1.165) is 6.42 Å². The van der Waals surface area contributed by atoms with E-state index in [9.17, 15) is 0 Å². The summed E-state index contributed by atoms with van der Waals surface area (Å²) < 4.78 is 0. The van der Waals surface area contributed by atoms with E-state index < -0.39 is 0 Å². The van der Waals surface area contributed by atoms with Crippen molar-refractivity contribution in [3.8, 4) is 0 Å². The van der Waals surface area contributed by atoms with Gasteiger partial charge in [-0.2, -0.15) is 0 Å². The highest BCUT2D eigenvalue weighted by Crippen LogP contribution is 2.24. The fourth-order valence-electron chi connectivity index (χ4n) is 5.01. The smallest absolute Gasteiger partial charge is 0.00271 e. The first-order chi connectivity index (χ1) is 12.2. The van der Waals surface area contributed by atoms with Crippen LogP contribution in [0, 0.1) is 5.92 Å². The SMILES string of the molecule is C/C=C\C1=c2c(c3c4c(ccc5c4c2=CC(C)C=5C)=CCC3)CC=C1. The molecule has 0 saturated heterocycles. The van der Waals surface area contributed by atoms with E-state index >= 15 is 0 Å². The predicted molar refractivity (Wildman–Crippen MR) is 109 cm³/mol. The summed E-state index contributed by atoms with van der Waals surface area (Å²) in [5.74, 6) is 0.501. The molecule has 0 amide bonds. The Kier molecular flexibility index (Phi) is 3.19. The zero-order chi connectivity index (χ0) is 17.1. The van der Waals surface area contributed by atoms with E-state index in [-0.39, 0.29) is 0 Å². The molecule has 0 heterocycles. The molecule has 5 rings (SSSR count). The van der Waals surface area contributed by atoms with E-state index in [1.807, 2.05) is 0 Å². The quantitative estimate of drug-likeness (QED) is 0.756. The molecular weight excluding hydrogens is 300 g/mol. The molecule has 0 aliphatic heterocycles. The zero-order valence-corrected chi connectivity index (χ0v) is 15.3. The van der Waals surface area contributed by atoms with Crippen molar-refractivity contribution in [2.24, 2.45) is 5.92 Å². The van der Waals surface area contributed by atoms with E-state index in [4.69, 9.17) is 0 Å². The Morgan fingerprint density at radius 1 is 1.12 bits per heavy atom. The minimum absolute atomic E-state index is 0.501. The molecule has 2 aromatic rings. The number of rotatable bonds is 1. The molecule has 3 aliphatic carbocycles. The standard InChI is InChI=1S/C25H24/c1-4-7-17-8-5-10-20-21-11-6-9-18-12-13-19-16(3)15(2)14-22(23(17)20)25(19)24(18)21/h4-5,7-9,12-15H,6,10-11H2,1-3H3/b7-4-. The minimum atomic E-state index is 0.501. The molecule has 25 heavy (non-hydrogen) atoms. The molecule has 0 spiro atoms. The molecule has 0 radical (unpaired) electrons. The third kappa shape index (κ3) is 1.94. The van der Waals surface area contributed by atoms with Gasteiger partial charge in [-0.15, -0.1) is 0 Å². The second-order valence-electron chi connectivity index (χ2n) is 7.64. The van der Waals surface area contributed by atoms with Crippen molar-refractivity contribution in [3.63, 3.8) is 0 Å². The summed E-state index contributed by atoms with van der Waals surface area (Å²) in [5.41, 5.74) is 6.07. The lowest BCUT2D eigenvalue weighted by molar-refractivity contribution is 0.972. The summed E-state index contributed by atoms with van der Waals surface area (Å²) in [7, 11) is 0. The Balaban J connectivity index is 2.21. The van der Waals surface area contributed by atoms with Crippen LogP contribution in [0.4, 0.5) is 0 Å². The van der Waals surface area contributed by atoms with Gasteiger partial charge in [0.1, 0.15) is 0 Å². The summed E-state index contributed by atoms with van der Waals surface area (Å²) in [4.78, 5) is 0. The van der Waals surface area contributed by atoms with Crippen molar-refractivity contribution in [1.82, 2.24) is 0 Å². The van der Waals surface area contributed by atoms with Crippen molar-refractivity contribution >= 4 is 34.1 Å². The van der Waals surface area contributed by atoms with Gasteiger partial charge in [-0.05, 0) is 87.4 Å². The maximum absolute atomic E-state index is 2.52. The van der Waals surface area contributed by atoms with Gasteiger partial charge in [0.25, 0.3) is 0 Å². The van der Waals surface area contributed by atoms with Crippen LogP contribution in [-0.4, -0.2) is 0 Å². The third-order valence-corrected chi connectivity index (χ3v) is 6.28. The van der Waals surface area contributed by atoms with Crippen molar-refractivity contribution < 1.29 is 0 Å². The lowest BCUT2D eigenvalue weighted by Crippen LogP contribution is -2.41. The fourth-order valence-corrected chi connectivity index (χ4v) is 5.01. The van der Waals surface area contributed by atoms with Gasteiger partial charge in [0.05, 0.1) is 0 Å². The van der Waals surface area contributed by atoms with Crippen molar-refractivity contribution in [3.05, 3.63) is 68.4 Å². The number of benzene rings is 2. The van der Waals surface area contributed by atoms with E-state index in [2.05, 4.69) is 69.4 Å². The van der Waals surface area contributed by atoms with Crippen LogP contribution >= 0.6 is 0 Å². The van der Waals surface area contributed by atoms with E-state index in [0.29, 0.717) is 5.92 Å². The van der Waals surface area contributed by atoms with Crippen LogP contribution in [-0.2, 0) is 12.8 Å². The Morgan fingerprint density at radius 2 is 2.00 bits per heavy atom. The summed E-state index contributed by atoms with van der Waals surface area (Å²) in [5, 5.41) is 8.95. The first-order valence-electron chi connectivity index (χ1n) is 9.53. The normalized spacial score (nSPS) is 20.7. The Bertz CT molecular complexity index is 1230. The van der Waals surface area contributed by atoms with Gasteiger partial charge in [-0.1, -0.05) is 61.1 Å². The van der Waals surface area contributed by atoms with Crippen LogP contribution in [0.2, 0.25) is 0 Å². The van der Waals surface area contributed by atoms with Gasteiger partial charge in [0.2, 0.25) is 0 Å². The lowest BCUT2D eigenvalue weighted by atomic mass is 9.80. The lowest BCUT2D eigenvalue weighted by Gasteiger charge is -2.24. The molecule has 0 N–H and O–H groups in total. The maximum Gasteiger partial charge on any atom is -0.00271 e. The molecule has 1 atom stereocenters. The maximum atomic E-state index is 2.52. The second-order valence-corrected chi connectivity index (χ2v) is 7.64. The number of fused-ring (bicyclic) bond motifs is 3. The third-order valence-electron chi connectivity index (χ3n) is 6.28. The van der Waals surface area contributed by atoms with E-state index in [1.54, 1.807) is 11.1 Å². The monoisotopic (exact) mass is 324 g/mol. The van der Waals surface area contributed by atoms with Gasteiger partial charge >= 0.3 is 0 Å². The highest BCUT2D eigenvalue weighted by molar-refractivity contribution is 5.94. The van der Waals surface area contributed by atoms with Crippen LogP contribution in [0.5, 0.6) is 0 Å². The predicted octanol–water partition coefficient (Wildman–Crippen LogP) is 3.01. The van der Waals surface area contributed by atoms with Crippen molar-refractivity contribution in [1.29, 1.82) is 0 Å². The Labute approximate surface area is 148 Å². The van der Waals surface area contributed by atoms with Gasteiger partial charge < -0.3 is 0 Å². The summed E-state index contributed by atoms with van der Waals surface area (Å²) in [6, 6.07) is 4.72. The number of hydrogen-bond acceptors (Lipinski definition) is 0. The Morgan fingerprint density at radius 3 is 2.84 bits per heavy atom. The summed E-state index contributed by atoms with van der Waals surface area (Å²) in [6.45, 7) is 6.77. The average molecular weight is 324 g/mol. The second kappa shape index (κ2) is 5.33. The first kappa shape index (κ1) is 15.0. The number of aryl methyl sites for hydroxylation is 1. The highest BCUT2D eigenvalue weighted by Gasteiger charge is 2.21. The molecule has 124 valence electrons. The molecule has 1 unspecified atom stereocenters. The summed E-state index contributed by atoms with van der Waals surface area (Å²) in [6.07, 6.45) is 17.5. The van der Waals surface area contributed by atoms with Crippen molar-refractivity contribution in [2.45, 2.75) is 40.0 Å². The van der Waals surface area contributed by atoms with Crippen LogP contribution in [0.1, 0.15) is 38.3 Å². The summed E-state index contributed by atoms with van der Waals surface area (Å²) >= 11 is 0. The van der Waals surface area contributed by atoms with Gasteiger partial charge in [-0.25, -0.2) is 0 Å². The number of allylic oxidation sites excluding steroid dienone is 4. The number of hydrogen-bond donors (Lipinski definition) is 0. The first-order valence-corrected chi connectivity index (χ1v) is 9.53. The van der Waals surface area contributed by atoms with Crippen LogP contribution < -0.4 is 20.9 Å². The van der Waals surface area contributed by atoms with Gasteiger partial charge in [-0.3, -0.25) is 0 Å². The van der Waals surface area contributed by atoms with Gasteiger partial charge in [0, 0.05) is 0 Å². The van der Waals surface area contributed by atoms with Crippen LogP contribution in [0.25, 0.3) is 34.1 Å². The molecule has 0 heteroatoms. The highest BCUT2D eigenvalue weighted by atomic mass is 14.2.